The van der Waals surface area contributed by atoms with Gasteiger partial charge in [-0.2, -0.15) is 8.42 Å². The van der Waals surface area contributed by atoms with E-state index >= 15 is 0 Å². The van der Waals surface area contributed by atoms with Crippen LogP contribution < -0.4 is 0 Å². The first-order valence-electron chi connectivity index (χ1n) is 28.3. The largest absolute Gasteiger partial charge is 0.397 e. The lowest BCUT2D eigenvalue weighted by atomic mass is 9.95. The molecule has 0 radical (unpaired) electrons. The molecule has 39 nitrogen and oxygen atoms in total. The van der Waals surface area contributed by atoms with Gasteiger partial charge < -0.3 is 173 Å². The summed E-state index contributed by atoms with van der Waals surface area (Å²) in [6.45, 7) is 2.19. The number of hydrogen-bond acceptors (Lipinski definition) is 38. The van der Waals surface area contributed by atoms with Gasteiger partial charge in [0.1, 0.15) is 171 Å². The molecule has 0 spiro atoms. The van der Waals surface area contributed by atoms with E-state index in [-0.39, 0.29) is 0 Å². The molecule has 0 aliphatic carbocycles. The molecule has 0 aromatic carbocycles. The van der Waals surface area contributed by atoms with Gasteiger partial charge >= 0.3 is 10.4 Å². The molecule has 40 heteroatoms. The molecule has 0 saturated carbocycles. The average Bonchev–Trinajstić information content (AvgIpc) is 0.968. The van der Waals surface area contributed by atoms with Crippen LogP contribution >= 0.6 is 0 Å². The molecule has 516 valence electrons. The normalized spacial score (nSPS) is 50.0. The van der Waals surface area contributed by atoms with E-state index < -0.39 is 272 Å². The predicted octanol–water partition coefficient (Wildman–Crippen LogP) is -14.1. The highest BCUT2D eigenvalue weighted by Gasteiger charge is 2.59. The third-order valence-corrected chi connectivity index (χ3v) is 16.8. The van der Waals surface area contributed by atoms with Crippen molar-refractivity contribution in [2.45, 2.75) is 236 Å². The van der Waals surface area contributed by atoms with Gasteiger partial charge in [0.15, 0.2) is 44.0 Å². The highest BCUT2D eigenvalue weighted by atomic mass is 32.3. The van der Waals surface area contributed by atoms with E-state index in [1.54, 1.807) is 0 Å². The molecule has 21 rings (SSSR count). The smallest absolute Gasteiger partial charge is 0.394 e. The topological polar surface area (TPSA) is 601 Å². The van der Waals surface area contributed by atoms with Gasteiger partial charge in [-0.15, -0.1) is 0 Å². The second-order valence-corrected chi connectivity index (χ2v) is 22.9. The molecule has 0 aromatic rings. The monoisotopic (exact) mass is 1320 g/mol. The van der Waals surface area contributed by atoms with E-state index in [4.69, 9.17) is 66.3 Å². The summed E-state index contributed by atoms with van der Waals surface area (Å²) in [7, 11) is -5.37. The van der Waals surface area contributed by atoms with Crippen molar-refractivity contribution in [1.29, 1.82) is 0 Å². The molecule has 21 aliphatic heterocycles. The molecule has 21 heterocycles. The highest BCUT2D eigenvalue weighted by molar-refractivity contribution is 7.80. The second-order valence-electron chi connectivity index (χ2n) is 21.8. The number of ether oxygens (including phenoxy) is 14. The van der Waals surface area contributed by atoms with Crippen LogP contribution in [0.25, 0.3) is 0 Å². The van der Waals surface area contributed by atoms with E-state index in [0.717, 1.165) is 0 Å². The summed E-state index contributed by atoms with van der Waals surface area (Å²) in [6, 6.07) is 0. The van der Waals surface area contributed by atoms with Crippen molar-refractivity contribution in [2.24, 2.45) is 0 Å². The summed E-state index contributed by atoms with van der Waals surface area (Å²) >= 11 is 0. The Labute approximate surface area is 501 Å². The van der Waals surface area contributed by atoms with Crippen molar-refractivity contribution < 1.29 is 186 Å². The van der Waals surface area contributed by atoms with Gasteiger partial charge in [0.25, 0.3) is 0 Å². The van der Waals surface area contributed by atoms with E-state index in [1.165, 1.54) is 19.6 Å². The van der Waals surface area contributed by atoms with Gasteiger partial charge in [0, 0.05) is 0 Å². The highest BCUT2D eigenvalue weighted by Crippen LogP contribution is 2.39. The number of rotatable bonds is 12. The zero-order valence-corrected chi connectivity index (χ0v) is 48.3. The summed E-state index contributed by atoms with van der Waals surface area (Å²) in [6.07, 6.45) is -73.5. The van der Waals surface area contributed by atoms with Crippen molar-refractivity contribution in [3.05, 3.63) is 0 Å². The molecule has 88 heavy (non-hydrogen) atoms. The average molecular weight is 1320 g/mol. The van der Waals surface area contributed by atoms with Crippen LogP contribution in [0.1, 0.15) is 20.8 Å². The number of aliphatic hydroxyl groups is 20. The Morgan fingerprint density at radius 2 is 0.443 bits per heavy atom. The van der Waals surface area contributed by atoms with Crippen molar-refractivity contribution in [3.63, 3.8) is 0 Å². The third-order valence-electron chi connectivity index (χ3n) is 16.3. The molecule has 0 amide bonds. The fourth-order valence-electron chi connectivity index (χ4n) is 11.2. The van der Waals surface area contributed by atoms with Gasteiger partial charge in [-0.25, -0.2) is 4.18 Å². The van der Waals surface area contributed by atoms with Crippen molar-refractivity contribution in [3.8, 4) is 0 Å². The van der Waals surface area contributed by atoms with Crippen molar-refractivity contribution in [2.75, 3.05) is 65.9 Å². The molecule has 21 fully saturated rings. The number of hydrogen-bond donors (Lipinski definition) is 21. The van der Waals surface area contributed by atoms with Gasteiger partial charge in [-0.05, 0) is 19.6 Å². The first-order chi connectivity index (χ1) is 41.6. The Morgan fingerprint density at radius 1 is 0.284 bits per heavy atom. The van der Waals surface area contributed by atoms with Gasteiger partial charge in [-0.1, -0.05) is 20.8 Å². The molecule has 0 unspecified atom stereocenters. The SMILES string of the molecule is CCN(CC)CC.O=S(=O)(O)OC[C@H]1O[C@@H]2O[C@H]3[C@H](O)[C@@H](O)[C@@H](O[C@H]4[C@H](O)[C@@H](O)[C@@H](O[C@H]5[C@H](O)[C@@H](O)[C@@H](O[C@H]6[C@H](O)[C@@H](O)[C@@H](O[C@H]7[C@H](O)[C@@H](O)[C@@H](O[C@H]8[C@H](O)[C@@H](O)[C@@H](O[C@H]1[C@H](O)[C@H]2O)O[C@@H]8CO)O[C@@H]7CO)O[C@@H]6CO)O[C@@H]5CO)O[C@@H]4CO)O[C@@H]3CO. The molecule has 21 saturated heterocycles. The van der Waals surface area contributed by atoms with Crippen LogP contribution in [-0.2, 0) is 80.9 Å². The van der Waals surface area contributed by atoms with Gasteiger partial charge in [0.2, 0.25) is 0 Å². The second kappa shape index (κ2) is 32.3. The first kappa shape index (κ1) is 73.9. The molecule has 21 aliphatic rings. The van der Waals surface area contributed by atoms with Gasteiger partial charge in [-0.3, -0.25) is 4.55 Å². The fraction of sp³-hybridized carbons (Fsp3) is 1.00. The minimum absolute atomic E-state index is 1.07. The number of aliphatic hydroxyl groups excluding tert-OH is 20. The Hall–Kier alpha value is -1.53. The van der Waals surface area contributed by atoms with Crippen LogP contribution in [0.3, 0.4) is 0 Å². The minimum Gasteiger partial charge on any atom is -0.394 e. The molecule has 14 bridgehead atoms. The lowest BCUT2D eigenvalue weighted by Crippen LogP contribution is -2.68. The molecular weight excluding hydrogens is 1230 g/mol. The van der Waals surface area contributed by atoms with Crippen molar-refractivity contribution >= 4 is 10.4 Å². The molecule has 21 N–H and O–H groups in total. The molecule has 0 aromatic heterocycles. The fourth-order valence-corrected chi connectivity index (χ4v) is 11.5. The quantitative estimate of drug-likeness (QED) is 0.0807. The Bertz CT molecular complexity index is 2180. The Kier molecular flexibility index (Phi) is 27.1. The van der Waals surface area contributed by atoms with Crippen LogP contribution in [0.5, 0.6) is 0 Å². The summed E-state index contributed by atoms with van der Waals surface area (Å²) in [5.41, 5.74) is 0. The van der Waals surface area contributed by atoms with Crippen LogP contribution in [-0.4, -0.2) is 401 Å². The van der Waals surface area contributed by atoms with E-state index in [1.807, 2.05) is 0 Å². The lowest BCUT2D eigenvalue weighted by molar-refractivity contribution is -0.396. The summed E-state index contributed by atoms with van der Waals surface area (Å²) in [4.78, 5) is 2.38. The maximum atomic E-state index is 11.7. The third kappa shape index (κ3) is 16.2. The zero-order chi connectivity index (χ0) is 65.0. The summed E-state index contributed by atoms with van der Waals surface area (Å²) in [5.74, 6) is 0. The summed E-state index contributed by atoms with van der Waals surface area (Å²) in [5, 5.41) is 221. The number of nitrogens with zero attached hydrogens (tertiary/aromatic N) is 1. The maximum Gasteiger partial charge on any atom is 0.397 e. The van der Waals surface area contributed by atoms with Crippen LogP contribution in [0, 0.1) is 0 Å². The van der Waals surface area contributed by atoms with E-state index in [2.05, 4.69) is 29.9 Å². The predicted molar refractivity (Wildman–Crippen MR) is 272 cm³/mol. The zero-order valence-electron chi connectivity index (χ0n) is 47.5. The minimum atomic E-state index is -5.37. The standard InChI is InChI=1S/C42H70O38S.C6H15N/c43-1-8-29-16(50)23(57)37(68-8)76-31-10(3-45)70-39(25(59)18(31)52)78-33-12(5-47)72-41(27(61)20(33)54)80-35-14(7-66-81(63,64)65)73-42(28(62)21(35)55)79-34-13(6-48)71-40(26(60)19(34)53)77-32-11(4-46)69-38(24(58)17(32)51)75-30-9(2-44)67-36(74-29)22(56)15(30)49;1-4-7(5-2)6-3/h8-62H,1-7H2,(H,63,64,65);4-6H2,1-3H3/t8-,9-,10-,11-,12-,13-,14-,15-,16-,17-,18-,19-,20-,21-,22-,23-,24-,25-,26-,27-,28-,29-,30-,31-,32-,33-,34-,35-,36-,37-,38-,39-,40-,41-,42-;/m1./s1. The van der Waals surface area contributed by atoms with Gasteiger partial charge in [0.05, 0.1) is 46.2 Å². The van der Waals surface area contributed by atoms with E-state index in [0.29, 0.717) is 0 Å². The molecular formula is C48H85NO38S. The van der Waals surface area contributed by atoms with Crippen LogP contribution in [0.2, 0.25) is 0 Å². The summed E-state index contributed by atoms with van der Waals surface area (Å²) < 4.78 is 117. The maximum absolute atomic E-state index is 11.7. The lowest BCUT2D eigenvalue weighted by Gasteiger charge is -2.50. The molecule has 35 atom stereocenters. The Balaban J connectivity index is 0.00000149. The van der Waals surface area contributed by atoms with E-state index in [9.17, 15) is 115 Å². The Morgan fingerprint density at radius 3 is 0.580 bits per heavy atom. The van der Waals surface area contributed by atoms with Crippen LogP contribution in [0.4, 0.5) is 0 Å². The first-order valence-corrected chi connectivity index (χ1v) is 29.7. The van der Waals surface area contributed by atoms with Crippen molar-refractivity contribution in [1.82, 2.24) is 4.90 Å². The van der Waals surface area contributed by atoms with Crippen LogP contribution in [0.15, 0.2) is 0 Å².